The summed E-state index contributed by atoms with van der Waals surface area (Å²) >= 11 is 1.43. The van der Waals surface area contributed by atoms with E-state index in [0.717, 1.165) is 11.3 Å². The molecule has 0 aliphatic rings. The van der Waals surface area contributed by atoms with Crippen LogP contribution in [0.4, 0.5) is 5.69 Å². The molecule has 2 aromatic carbocycles. The highest BCUT2D eigenvalue weighted by Gasteiger charge is 2.11. The van der Waals surface area contributed by atoms with Gasteiger partial charge in [-0.1, -0.05) is 24.3 Å². The van der Waals surface area contributed by atoms with E-state index in [1.165, 1.54) is 11.3 Å². The highest BCUT2D eigenvalue weighted by Crippen LogP contribution is 2.30. The third kappa shape index (κ3) is 5.69. The Morgan fingerprint density at radius 3 is 2.67 bits per heavy atom. The zero-order chi connectivity index (χ0) is 21.3. The lowest BCUT2D eigenvalue weighted by atomic mass is 10.1. The van der Waals surface area contributed by atoms with Crippen molar-refractivity contribution >= 4 is 34.6 Å². The number of hydrogen-bond acceptors (Lipinski definition) is 6. The van der Waals surface area contributed by atoms with Crippen LogP contribution >= 0.6 is 11.3 Å². The van der Waals surface area contributed by atoms with Gasteiger partial charge in [-0.3, -0.25) is 4.79 Å². The van der Waals surface area contributed by atoms with Gasteiger partial charge in [0.15, 0.2) is 18.1 Å². The smallest absolute Gasteiger partial charge is 0.262 e. The van der Waals surface area contributed by atoms with Gasteiger partial charge >= 0.3 is 0 Å². The molecule has 1 aromatic heterocycles. The van der Waals surface area contributed by atoms with Crippen LogP contribution in [0.25, 0.3) is 11.6 Å². The largest absolute Gasteiger partial charge is 0.490 e. The van der Waals surface area contributed by atoms with E-state index < -0.39 is 0 Å². The van der Waals surface area contributed by atoms with E-state index in [2.05, 4.69) is 16.4 Å². The molecule has 0 saturated carbocycles. The van der Waals surface area contributed by atoms with Crippen molar-refractivity contribution in [2.45, 2.75) is 13.8 Å². The second kappa shape index (κ2) is 10.2. The first-order valence-corrected chi connectivity index (χ1v) is 10.3. The summed E-state index contributed by atoms with van der Waals surface area (Å²) in [6, 6.07) is 16.7. The van der Waals surface area contributed by atoms with Crippen molar-refractivity contribution in [2.24, 2.45) is 0 Å². The number of amides is 1. The van der Waals surface area contributed by atoms with Crippen molar-refractivity contribution in [1.82, 2.24) is 4.98 Å². The Bertz CT molecular complexity index is 1080. The van der Waals surface area contributed by atoms with Gasteiger partial charge in [0, 0.05) is 16.8 Å². The zero-order valence-electron chi connectivity index (χ0n) is 16.7. The molecule has 1 heterocycles. The summed E-state index contributed by atoms with van der Waals surface area (Å²) in [5.74, 6) is 0.700. The lowest BCUT2D eigenvalue weighted by molar-refractivity contribution is -0.118. The van der Waals surface area contributed by atoms with Gasteiger partial charge in [0.05, 0.1) is 12.2 Å². The molecule has 0 radical (unpaired) electrons. The van der Waals surface area contributed by atoms with Gasteiger partial charge in [-0.05, 0) is 49.8 Å². The molecular formula is C23H21N3O3S. The Morgan fingerprint density at radius 2 is 2.00 bits per heavy atom. The fraction of sp³-hybridized carbons (Fsp3) is 0.174. The number of benzene rings is 2. The highest BCUT2D eigenvalue weighted by atomic mass is 32.1. The molecule has 0 aliphatic carbocycles. The average molecular weight is 420 g/mol. The maximum atomic E-state index is 12.1. The quantitative estimate of drug-likeness (QED) is 0.523. The summed E-state index contributed by atoms with van der Waals surface area (Å²) in [6.45, 7) is 4.05. The SMILES string of the molecule is CCOc1cc(/C=C(\C#N)c2nc(C)cs2)ccc1OCC(=O)Nc1ccccc1. The summed E-state index contributed by atoms with van der Waals surface area (Å²) < 4.78 is 11.3. The van der Waals surface area contributed by atoms with Crippen LogP contribution in [0.3, 0.4) is 0 Å². The second-order valence-electron chi connectivity index (χ2n) is 6.31. The van der Waals surface area contributed by atoms with Crippen LogP contribution in [0.2, 0.25) is 0 Å². The van der Waals surface area contributed by atoms with E-state index in [1.54, 1.807) is 30.3 Å². The molecule has 152 valence electrons. The minimum absolute atomic E-state index is 0.147. The number of carbonyl (C=O) groups excluding carboxylic acids is 1. The molecule has 0 spiro atoms. The van der Waals surface area contributed by atoms with Crippen LogP contribution in [0.1, 0.15) is 23.2 Å². The van der Waals surface area contributed by atoms with Gasteiger partial charge in [-0.25, -0.2) is 4.98 Å². The van der Waals surface area contributed by atoms with E-state index in [9.17, 15) is 10.1 Å². The number of aryl methyl sites for hydroxylation is 1. The van der Waals surface area contributed by atoms with Crippen molar-refractivity contribution in [3.8, 4) is 17.6 Å². The van der Waals surface area contributed by atoms with Crippen LogP contribution in [-0.4, -0.2) is 24.1 Å². The Balaban J connectivity index is 1.74. The molecule has 0 bridgehead atoms. The number of nitrogens with one attached hydrogen (secondary N) is 1. The van der Waals surface area contributed by atoms with Crippen molar-refractivity contribution < 1.29 is 14.3 Å². The van der Waals surface area contributed by atoms with Gasteiger partial charge in [0.1, 0.15) is 11.1 Å². The summed E-state index contributed by atoms with van der Waals surface area (Å²) in [5, 5.41) is 14.8. The van der Waals surface area contributed by atoms with Crippen LogP contribution in [-0.2, 0) is 4.79 Å². The first-order chi connectivity index (χ1) is 14.6. The third-order valence-corrected chi connectivity index (χ3v) is 4.96. The number of nitriles is 1. The molecule has 6 nitrogen and oxygen atoms in total. The van der Waals surface area contributed by atoms with Gasteiger partial charge in [0.25, 0.3) is 5.91 Å². The standard InChI is InChI=1S/C23H21N3O3S/c1-3-28-21-12-17(11-18(13-24)23-25-16(2)15-30-23)9-10-20(21)29-14-22(27)26-19-7-5-4-6-8-19/h4-12,15H,3,14H2,1-2H3,(H,26,27)/b18-11+. The Morgan fingerprint density at radius 1 is 1.20 bits per heavy atom. The summed E-state index contributed by atoms with van der Waals surface area (Å²) in [4.78, 5) is 16.5. The molecule has 3 rings (SSSR count). The molecule has 3 aromatic rings. The predicted molar refractivity (Wildman–Crippen MR) is 119 cm³/mol. The Kier molecular flexibility index (Phi) is 7.19. The minimum Gasteiger partial charge on any atom is -0.490 e. The molecule has 0 aliphatic heterocycles. The fourth-order valence-corrected chi connectivity index (χ4v) is 3.41. The number of thiazole rings is 1. The molecule has 1 amide bonds. The Labute approximate surface area is 179 Å². The molecule has 7 heteroatoms. The Hall–Kier alpha value is -3.63. The number of allylic oxidation sites excluding steroid dienone is 1. The number of aromatic nitrogens is 1. The first-order valence-electron chi connectivity index (χ1n) is 9.38. The maximum absolute atomic E-state index is 12.1. The van der Waals surface area contributed by atoms with E-state index in [0.29, 0.717) is 34.4 Å². The molecule has 30 heavy (non-hydrogen) atoms. The molecule has 1 N–H and O–H groups in total. The van der Waals surface area contributed by atoms with Crippen molar-refractivity contribution in [3.05, 3.63) is 70.2 Å². The number of hydrogen-bond donors (Lipinski definition) is 1. The number of carbonyl (C=O) groups is 1. The van der Waals surface area contributed by atoms with E-state index in [-0.39, 0.29) is 12.5 Å². The zero-order valence-corrected chi connectivity index (χ0v) is 17.5. The van der Waals surface area contributed by atoms with Gasteiger partial charge in [-0.2, -0.15) is 5.26 Å². The fourth-order valence-electron chi connectivity index (χ4n) is 2.65. The number of nitrogens with zero attached hydrogens (tertiary/aromatic N) is 2. The van der Waals surface area contributed by atoms with E-state index >= 15 is 0 Å². The number of rotatable bonds is 8. The first kappa shape index (κ1) is 21.1. The van der Waals surface area contributed by atoms with Gasteiger partial charge in [-0.15, -0.1) is 11.3 Å². The van der Waals surface area contributed by atoms with Gasteiger partial charge < -0.3 is 14.8 Å². The maximum Gasteiger partial charge on any atom is 0.262 e. The second-order valence-corrected chi connectivity index (χ2v) is 7.16. The number of anilines is 1. The monoisotopic (exact) mass is 419 g/mol. The number of para-hydroxylation sites is 1. The normalized spacial score (nSPS) is 10.9. The van der Waals surface area contributed by atoms with Gasteiger partial charge in [0.2, 0.25) is 0 Å². The lowest BCUT2D eigenvalue weighted by Crippen LogP contribution is -2.20. The molecule has 0 atom stereocenters. The average Bonchev–Trinajstić information content (AvgIpc) is 3.18. The van der Waals surface area contributed by atoms with E-state index in [1.807, 2.05) is 43.5 Å². The van der Waals surface area contributed by atoms with Crippen molar-refractivity contribution in [3.63, 3.8) is 0 Å². The predicted octanol–water partition coefficient (Wildman–Crippen LogP) is 4.93. The van der Waals surface area contributed by atoms with Crippen LogP contribution < -0.4 is 14.8 Å². The summed E-state index contributed by atoms with van der Waals surface area (Å²) in [6.07, 6.45) is 1.76. The number of ether oxygens (including phenoxy) is 2. The van der Waals surface area contributed by atoms with Crippen LogP contribution in [0, 0.1) is 18.3 Å². The summed E-state index contributed by atoms with van der Waals surface area (Å²) in [7, 11) is 0. The summed E-state index contributed by atoms with van der Waals surface area (Å²) in [5.41, 5.74) is 2.84. The van der Waals surface area contributed by atoms with Crippen molar-refractivity contribution in [1.29, 1.82) is 5.26 Å². The third-order valence-electron chi connectivity index (χ3n) is 3.96. The highest BCUT2D eigenvalue weighted by molar-refractivity contribution is 7.11. The molecule has 0 fully saturated rings. The minimum atomic E-state index is -0.265. The molecule has 0 unspecified atom stereocenters. The topological polar surface area (TPSA) is 84.2 Å². The molecular weight excluding hydrogens is 398 g/mol. The van der Waals surface area contributed by atoms with Crippen LogP contribution in [0.15, 0.2) is 53.9 Å². The molecule has 0 saturated heterocycles. The van der Waals surface area contributed by atoms with Crippen molar-refractivity contribution in [2.75, 3.05) is 18.5 Å². The van der Waals surface area contributed by atoms with E-state index in [4.69, 9.17) is 9.47 Å². The lowest BCUT2D eigenvalue weighted by Gasteiger charge is -2.13. The van der Waals surface area contributed by atoms with Crippen LogP contribution in [0.5, 0.6) is 11.5 Å².